The Labute approximate surface area is 183 Å². The van der Waals surface area contributed by atoms with Gasteiger partial charge in [0.2, 0.25) is 5.95 Å². The Morgan fingerprint density at radius 3 is 2.69 bits per heavy atom. The van der Waals surface area contributed by atoms with Gasteiger partial charge in [-0.25, -0.2) is 9.37 Å². The molecule has 0 atom stereocenters. The zero-order chi connectivity index (χ0) is 22.1. The molecule has 0 spiro atoms. The van der Waals surface area contributed by atoms with E-state index in [1.54, 1.807) is 34.1 Å². The maximum absolute atomic E-state index is 14.9. The number of benzene rings is 1. The number of carbonyl (C=O) groups excluding carboxylic acids is 1. The van der Waals surface area contributed by atoms with Gasteiger partial charge in [0.05, 0.1) is 30.7 Å². The van der Waals surface area contributed by atoms with E-state index in [1.165, 1.54) is 12.1 Å². The molecule has 162 valence electrons. The first kappa shape index (κ1) is 20.1. The number of hydrogen-bond acceptors (Lipinski definition) is 6. The van der Waals surface area contributed by atoms with Crippen molar-refractivity contribution in [1.29, 1.82) is 0 Å². The summed E-state index contributed by atoms with van der Waals surface area (Å²) in [5.41, 5.74) is 2.92. The molecular weight excluding hydrogens is 411 g/mol. The smallest absolute Gasteiger partial charge is 0.256 e. The third-order valence-corrected chi connectivity index (χ3v) is 5.35. The number of halogens is 1. The highest BCUT2D eigenvalue weighted by atomic mass is 19.1. The number of aryl methyl sites for hydroxylation is 1. The Hall–Kier alpha value is -3.85. The summed E-state index contributed by atoms with van der Waals surface area (Å²) in [5.74, 6) is -0.489. The van der Waals surface area contributed by atoms with Gasteiger partial charge in [-0.2, -0.15) is 4.98 Å². The molecular formula is C23H21FN6O2. The number of nitrogens with one attached hydrogen (secondary N) is 1. The quantitative estimate of drug-likeness (QED) is 0.532. The molecule has 8 nitrogen and oxygen atoms in total. The van der Waals surface area contributed by atoms with Crippen molar-refractivity contribution in [1.82, 2.24) is 24.4 Å². The summed E-state index contributed by atoms with van der Waals surface area (Å²) < 4.78 is 21.9. The monoisotopic (exact) mass is 432 g/mol. The Morgan fingerprint density at radius 1 is 1.09 bits per heavy atom. The van der Waals surface area contributed by atoms with E-state index in [0.29, 0.717) is 43.6 Å². The fourth-order valence-corrected chi connectivity index (χ4v) is 3.62. The molecule has 1 aliphatic heterocycles. The summed E-state index contributed by atoms with van der Waals surface area (Å²) >= 11 is 0. The van der Waals surface area contributed by atoms with Gasteiger partial charge in [0.25, 0.3) is 5.91 Å². The first-order chi connectivity index (χ1) is 15.6. The van der Waals surface area contributed by atoms with E-state index >= 15 is 0 Å². The maximum Gasteiger partial charge on any atom is 0.256 e. The Bertz CT molecular complexity index is 1280. The molecule has 0 saturated carbocycles. The summed E-state index contributed by atoms with van der Waals surface area (Å²) in [7, 11) is 0. The van der Waals surface area contributed by atoms with E-state index in [-0.39, 0.29) is 11.5 Å². The number of carbonyl (C=O) groups is 1. The third-order valence-electron chi connectivity index (χ3n) is 5.35. The van der Waals surface area contributed by atoms with E-state index in [1.807, 2.05) is 25.1 Å². The number of fused-ring (bicyclic) bond motifs is 1. The standard InChI is InChI=1S/C23H21FN6O2/c1-15-2-3-17(14-25-15)27-23-26-13-16-6-7-30(21(16)28-23)18-4-5-19(20(24)12-18)22(31)29-8-10-32-11-9-29/h2-7,12-14H,8-11H2,1H3,(H,26,27,28). The predicted molar refractivity (Wildman–Crippen MR) is 118 cm³/mol. The first-order valence-electron chi connectivity index (χ1n) is 10.3. The Kier molecular flexibility index (Phi) is 5.24. The molecule has 1 aromatic carbocycles. The lowest BCUT2D eigenvalue weighted by atomic mass is 10.1. The van der Waals surface area contributed by atoms with E-state index in [4.69, 9.17) is 4.74 Å². The SMILES string of the molecule is Cc1ccc(Nc2ncc3ccn(-c4ccc(C(=O)N5CCOCC5)c(F)c4)c3n2)cn1. The number of pyridine rings is 1. The van der Waals surface area contributed by atoms with E-state index in [0.717, 1.165) is 16.8 Å². The molecule has 4 heterocycles. The highest BCUT2D eigenvalue weighted by molar-refractivity contribution is 5.95. The third kappa shape index (κ3) is 3.90. The van der Waals surface area contributed by atoms with Gasteiger partial charge in [-0.1, -0.05) is 0 Å². The second kappa shape index (κ2) is 8.35. The second-order valence-electron chi connectivity index (χ2n) is 7.54. The summed E-state index contributed by atoms with van der Waals surface area (Å²) in [6.45, 7) is 3.78. The molecule has 0 aliphatic carbocycles. The number of nitrogens with zero attached hydrogens (tertiary/aromatic N) is 5. The van der Waals surface area contributed by atoms with Gasteiger partial charge in [-0.3, -0.25) is 9.78 Å². The fourth-order valence-electron chi connectivity index (χ4n) is 3.62. The van der Waals surface area contributed by atoms with Gasteiger partial charge in [-0.05, 0) is 43.3 Å². The number of rotatable bonds is 4. The van der Waals surface area contributed by atoms with Crippen LogP contribution in [0.4, 0.5) is 16.0 Å². The number of ether oxygens (including phenoxy) is 1. The van der Waals surface area contributed by atoms with Crippen LogP contribution in [-0.2, 0) is 4.74 Å². The van der Waals surface area contributed by atoms with E-state index in [2.05, 4.69) is 20.3 Å². The number of amides is 1. The van der Waals surface area contributed by atoms with Crippen LogP contribution in [0.15, 0.2) is 55.0 Å². The lowest BCUT2D eigenvalue weighted by Gasteiger charge is -2.27. The molecule has 9 heteroatoms. The van der Waals surface area contributed by atoms with Crippen molar-refractivity contribution < 1.29 is 13.9 Å². The number of anilines is 2. The molecule has 5 rings (SSSR count). The lowest BCUT2D eigenvalue weighted by molar-refractivity contribution is 0.0300. The van der Waals surface area contributed by atoms with Gasteiger partial charge in [0, 0.05) is 42.3 Å². The minimum absolute atomic E-state index is 0.0518. The minimum atomic E-state index is -0.570. The highest BCUT2D eigenvalue weighted by Crippen LogP contribution is 2.23. The average Bonchev–Trinajstić information content (AvgIpc) is 3.24. The number of aromatic nitrogens is 4. The molecule has 1 saturated heterocycles. The molecule has 0 radical (unpaired) electrons. The van der Waals surface area contributed by atoms with Crippen molar-refractivity contribution in [3.63, 3.8) is 0 Å². The molecule has 0 unspecified atom stereocenters. The van der Waals surface area contributed by atoms with E-state index < -0.39 is 5.82 Å². The van der Waals surface area contributed by atoms with Gasteiger partial charge >= 0.3 is 0 Å². The summed E-state index contributed by atoms with van der Waals surface area (Å²) in [5, 5.41) is 3.94. The summed E-state index contributed by atoms with van der Waals surface area (Å²) in [4.78, 5) is 27.5. The van der Waals surface area contributed by atoms with Crippen molar-refractivity contribution in [3.8, 4) is 5.69 Å². The van der Waals surface area contributed by atoms with Gasteiger partial charge < -0.3 is 19.5 Å². The van der Waals surface area contributed by atoms with Gasteiger partial charge in [0.1, 0.15) is 11.5 Å². The topological polar surface area (TPSA) is 85.2 Å². The summed E-state index contributed by atoms with van der Waals surface area (Å²) in [6.07, 6.45) is 5.21. The van der Waals surface area contributed by atoms with Crippen LogP contribution in [0.1, 0.15) is 16.1 Å². The minimum Gasteiger partial charge on any atom is -0.378 e. The molecule has 4 aromatic rings. The maximum atomic E-state index is 14.9. The normalized spacial score (nSPS) is 14.0. The number of hydrogen-bond donors (Lipinski definition) is 1. The molecule has 1 aliphatic rings. The van der Waals surface area contributed by atoms with Crippen molar-refractivity contribution in [2.75, 3.05) is 31.6 Å². The Morgan fingerprint density at radius 2 is 1.94 bits per heavy atom. The van der Waals surface area contributed by atoms with Crippen LogP contribution in [0, 0.1) is 12.7 Å². The zero-order valence-electron chi connectivity index (χ0n) is 17.5. The van der Waals surface area contributed by atoms with Crippen LogP contribution in [-0.4, -0.2) is 56.6 Å². The predicted octanol–water partition coefficient (Wildman–Crippen LogP) is 3.48. The molecule has 0 bridgehead atoms. The van der Waals surface area contributed by atoms with Crippen molar-refractivity contribution >= 4 is 28.6 Å². The molecule has 1 amide bonds. The van der Waals surface area contributed by atoms with Gasteiger partial charge in [-0.15, -0.1) is 0 Å². The first-order valence-corrected chi connectivity index (χ1v) is 10.3. The van der Waals surface area contributed by atoms with Gasteiger partial charge in [0.15, 0.2) is 0 Å². The van der Waals surface area contributed by atoms with E-state index in [9.17, 15) is 9.18 Å². The molecule has 1 N–H and O–H groups in total. The zero-order valence-corrected chi connectivity index (χ0v) is 17.5. The van der Waals surface area contributed by atoms with Crippen LogP contribution >= 0.6 is 0 Å². The highest BCUT2D eigenvalue weighted by Gasteiger charge is 2.22. The van der Waals surface area contributed by atoms with Crippen LogP contribution in [0.5, 0.6) is 0 Å². The lowest BCUT2D eigenvalue weighted by Crippen LogP contribution is -2.41. The van der Waals surface area contributed by atoms with Crippen LogP contribution in [0.2, 0.25) is 0 Å². The van der Waals surface area contributed by atoms with Crippen LogP contribution in [0.3, 0.4) is 0 Å². The van der Waals surface area contributed by atoms with Crippen LogP contribution < -0.4 is 5.32 Å². The fraction of sp³-hybridized carbons (Fsp3) is 0.217. The number of morpholine rings is 1. The molecule has 32 heavy (non-hydrogen) atoms. The Balaban J connectivity index is 1.44. The van der Waals surface area contributed by atoms with Crippen molar-refractivity contribution in [3.05, 3.63) is 72.1 Å². The molecule has 3 aromatic heterocycles. The largest absolute Gasteiger partial charge is 0.378 e. The van der Waals surface area contributed by atoms with Crippen LogP contribution in [0.25, 0.3) is 16.7 Å². The van der Waals surface area contributed by atoms with Crippen molar-refractivity contribution in [2.24, 2.45) is 0 Å². The molecule has 1 fully saturated rings. The second-order valence-corrected chi connectivity index (χ2v) is 7.54. The van der Waals surface area contributed by atoms with Crippen molar-refractivity contribution in [2.45, 2.75) is 6.92 Å². The average molecular weight is 432 g/mol. The summed E-state index contributed by atoms with van der Waals surface area (Å²) in [6, 6.07) is 10.2.